The summed E-state index contributed by atoms with van der Waals surface area (Å²) in [5.74, 6) is 0.519. The van der Waals surface area contributed by atoms with Gasteiger partial charge in [-0.2, -0.15) is 13.2 Å². The molecule has 4 nitrogen and oxygen atoms in total. The average Bonchev–Trinajstić information content (AvgIpc) is 2.66. The van der Waals surface area contributed by atoms with Gasteiger partial charge in [0.05, 0.1) is 17.7 Å². The monoisotopic (exact) mass is 379 g/mol. The number of amides is 1. The number of rotatable bonds is 5. The van der Waals surface area contributed by atoms with E-state index in [0.717, 1.165) is 6.07 Å². The third-order valence-corrected chi connectivity index (χ3v) is 4.24. The summed E-state index contributed by atoms with van der Waals surface area (Å²) in [6, 6.07) is 12.0. The van der Waals surface area contributed by atoms with Gasteiger partial charge >= 0.3 is 6.18 Å². The van der Waals surface area contributed by atoms with Crippen LogP contribution in [-0.2, 0) is 6.18 Å². The molecule has 0 saturated heterocycles. The van der Waals surface area contributed by atoms with Crippen molar-refractivity contribution in [3.8, 4) is 11.5 Å². The highest BCUT2D eigenvalue weighted by atomic mass is 19.4. The van der Waals surface area contributed by atoms with Gasteiger partial charge in [-0.1, -0.05) is 31.2 Å². The number of carbonyl (C=O) groups is 1. The molecule has 1 aliphatic heterocycles. The number of halogens is 3. The lowest BCUT2D eigenvalue weighted by molar-refractivity contribution is -0.138. The predicted octanol–water partition coefficient (Wildman–Crippen LogP) is 4.40. The first kappa shape index (κ1) is 19.1. The van der Waals surface area contributed by atoms with E-state index in [4.69, 9.17) is 9.47 Å². The molecule has 7 heteroatoms. The van der Waals surface area contributed by atoms with Gasteiger partial charge in [-0.15, -0.1) is 0 Å². The highest BCUT2D eigenvalue weighted by molar-refractivity contribution is 5.96. The molecule has 1 amide bonds. The highest BCUT2D eigenvalue weighted by Gasteiger charge is 2.36. The highest BCUT2D eigenvalue weighted by Crippen LogP contribution is 2.33. The molecule has 0 radical (unpaired) electrons. The maximum Gasteiger partial charge on any atom is 0.417 e. The first-order valence-electron chi connectivity index (χ1n) is 8.74. The van der Waals surface area contributed by atoms with Gasteiger partial charge in [0, 0.05) is 6.54 Å². The number of fused-ring (bicyclic) bond motifs is 1. The van der Waals surface area contributed by atoms with Crippen LogP contribution in [0.3, 0.4) is 0 Å². The zero-order valence-electron chi connectivity index (χ0n) is 14.8. The minimum absolute atomic E-state index is 0.146. The van der Waals surface area contributed by atoms with Gasteiger partial charge in [0.1, 0.15) is 6.61 Å². The Labute approximate surface area is 155 Å². The van der Waals surface area contributed by atoms with Crippen LogP contribution in [0.15, 0.2) is 48.5 Å². The van der Waals surface area contributed by atoms with Crippen molar-refractivity contribution in [3.63, 3.8) is 0 Å². The van der Waals surface area contributed by atoms with Crippen molar-refractivity contribution >= 4 is 5.91 Å². The number of para-hydroxylation sites is 2. The Kier molecular flexibility index (Phi) is 5.58. The molecular weight excluding hydrogens is 359 g/mol. The lowest BCUT2D eigenvalue weighted by atomic mass is 10.1. The van der Waals surface area contributed by atoms with Crippen molar-refractivity contribution in [2.75, 3.05) is 19.7 Å². The SMILES string of the molecule is CCCN(CC1COc2ccccc2O1)C(=O)c1ccccc1C(F)(F)F. The molecule has 0 N–H and O–H groups in total. The molecule has 1 atom stereocenters. The second kappa shape index (κ2) is 7.90. The van der Waals surface area contributed by atoms with Crippen molar-refractivity contribution < 1.29 is 27.4 Å². The number of carbonyl (C=O) groups excluding carboxylic acids is 1. The molecule has 0 saturated carbocycles. The van der Waals surface area contributed by atoms with E-state index in [1.165, 1.54) is 23.1 Å². The van der Waals surface area contributed by atoms with Crippen molar-refractivity contribution in [3.05, 3.63) is 59.7 Å². The molecule has 2 aromatic rings. The van der Waals surface area contributed by atoms with Crippen molar-refractivity contribution in [2.45, 2.75) is 25.6 Å². The average molecular weight is 379 g/mol. The van der Waals surface area contributed by atoms with E-state index >= 15 is 0 Å². The number of alkyl halides is 3. The zero-order chi connectivity index (χ0) is 19.4. The summed E-state index contributed by atoms with van der Waals surface area (Å²) >= 11 is 0. The van der Waals surface area contributed by atoms with Crippen LogP contribution in [0.5, 0.6) is 11.5 Å². The zero-order valence-corrected chi connectivity index (χ0v) is 14.8. The molecule has 3 rings (SSSR count). The van der Waals surface area contributed by atoms with Gasteiger partial charge in [-0.05, 0) is 30.7 Å². The number of hydrogen-bond donors (Lipinski definition) is 0. The summed E-state index contributed by atoms with van der Waals surface area (Å²) in [5.41, 5.74) is -1.28. The van der Waals surface area contributed by atoms with Crippen molar-refractivity contribution in [2.24, 2.45) is 0 Å². The summed E-state index contributed by atoms with van der Waals surface area (Å²) in [5, 5.41) is 0. The fourth-order valence-corrected chi connectivity index (χ4v) is 3.03. The van der Waals surface area contributed by atoms with Crippen molar-refractivity contribution in [1.82, 2.24) is 4.90 Å². The van der Waals surface area contributed by atoms with Crippen LogP contribution in [0.4, 0.5) is 13.2 Å². The molecular formula is C20H20F3NO3. The smallest absolute Gasteiger partial charge is 0.417 e. The van der Waals surface area contributed by atoms with E-state index in [0.29, 0.717) is 24.5 Å². The van der Waals surface area contributed by atoms with Crippen molar-refractivity contribution in [1.29, 1.82) is 0 Å². The molecule has 0 fully saturated rings. The molecule has 1 unspecified atom stereocenters. The molecule has 1 aliphatic rings. The molecule has 1 heterocycles. The Morgan fingerprint density at radius 1 is 1.11 bits per heavy atom. The minimum Gasteiger partial charge on any atom is -0.486 e. The van der Waals surface area contributed by atoms with Crippen LogP contribution >= 0.6 is 0 Å². The predicted molar refractivity (Wildman–Crippen MR) is 94.0 cm³/mol. The molecule has 0 spiro atoms. The van der Waals surface area contributed by atoms with Crippen LogP contribution in [0.2, 0.25) is 0 Å². The molecule has 0 bridgehead atoms. The van der Waals surface area contributed by atoms with E-state index in [-0.39, 0.29) is 18.7 Å². The normalized spacial score (nSPS) is 16.1. The summed E-state index contributed by atoms with van der Waals surface area (Å²) < 4.78 is 51.3. The van der Waals surface area contributed by atoms with Gasteiger partial charge in [0.2, 0.25) is 0 Å². The maximum atomic E-state index is 13.3. The van der Waals surface area contributed by atoms with E-state index in [1.807, 2.05) is 13.0 Å². The van der Waals surface area contributed by atoms with E-state index in [2.05, 4.69) is 0 Å². The largest absolute Gasteiger partial charge is 0.486 e. The topological polar surface area (TPSA) is 38.8 Å². The van der Waals surface area contributed by atoms with Gasteiger partial charge in [-0.3, -0.25) is 4.79 Å². The molecule has 27 heavy (non-hydrogen) atoms. The van der Waals surface area contributed by atoms with Gasteiger partial charge in [0.25, 0.3) is 5.91 Å². The van der Waals surface area contributed by atoms with Gasteiger partial charge in [0.15, 0.2) is 17.6 Å². The number of hydrogen-bond acceptors (Lipinski definition) is 3. The first-order valence-corrected chi connectivity index (χ1v) is 8.74. The van der Waals surface area contributed by atoms with Gasteiger partial charge < -0.3 is 14.4 Å². The Morgan fingerprint density at radius 3 is 2.48 bits per heavy atom. The Morgan fingerprint density at radius 2 is 1.78 bits per heavy atom. The summed E-state index contributed by atoms with van der Waals surface area (Å²) in [6.45, 7) is 2.56. The third kappa shape index (κ3) is 4.35. The fourth-order valence-electron chi connectivity index (χ4n) is 3.03. The quantitative estimate of drug-likeness (QED) is 0.773. The lowest BCUT2D eigenvalue weighted by Crippen LogP contribution is -2.44. The number of benzene rings is 2. The second-order valence-electron chi connectivity index (χ2n) is 6.29. The lowest BCUT2D eigenvalue weighted by Gasteiger charge is -2.31. The van der Waals surface area contributed by atoms with Gasteiger partial charge in [-0.25, -0.2) is 0 Å². The number of nitrogens with zero attached hydrogens (tertiary/aromatic N) is 1. The van der Waals surface area contributed by atoms with Crippen LogP contribution in [0, 0.1) is 0 Å². The number of ether oxygens (including phenoxy) is 2. The van der Waals surface area contributed by atoms with Crippen LogP contribution in [-0.4, -0.2) is 36.6 Å². The summed E-state index contributed by atoms with van der Waals surface area (Å²) in [6.07, 6.45) is -4.43. The Bertz CT molecular complexity index is 807. The summed E-state index contributed by atoms with van der Waals surface area (Å²) in [4.78, 5) is 14.2. The molecule has 144 valence electrons. The first-order chi connectivity index (χ1) is 12.9. The van der Waals surface area contributed by atoms with Crippen LogP contribution in [0.1, 0.15) is 29.3 Å². The van der Waals surface area contributed by atoms with E-state index < -0.39 is 23.8 Å². The molecule has 0 aliphatic carbocycles. The Hall–Kier alpha value is -2.70. The third-order valence-electron chi connectivity index (χ3n) is 4.24. The fraction of sp³-hybridized carbons (Fsp3) is 0.350. The summed E-state index contributed by atoms with van der Waals surface area (Å²) in [7, 11) is 0. The van der Waals surface area contributed by atoms with E-state index in [1.54, 1.807) is 18.2 Å². The minimum atomic E-state index is -4.59. The molecule has 2 aromatic carbocycles. The second-order valence-corrected chi connectivity index (χ2v) is 6.29. The van der Waals surface area contributed by atoms with Crippen LogP contribution < -0.4 is 9.47 Å². The Balaban J connectivity index is 1.80. The maximum absolute atomic E-state index is 13.3. The van der Waals surface area contributed by atoms with Crippen LogP contribution in [0.25, 0.3) is 0 Å². The standard InChI is InChI=1S/C20H20F3NO3/c1-2-11-24(12-14-13-26-17-9-5-6-10-18(17)27-14)19(25)15-7-3-4-8-16(15)20(21,22)23/h3-10,14H,2,11-13H2,1H3. The molecule has 0 aromatic heterocycles. The van der Waals surface area contributed by atoms with E-state index in [9.17, 15) is 18.0 Å².